The standard InChI is InChI=1S/C23H17Cl2N3O2S/c24-16-7-6-14(12-17(16)25)19-8-9-20(30-19)22-21(18-5-1-2-10-26-18)27-23(31)28(22)13-15-4-3-11-29-15/h1-12,21-22H,13H2,(H,27,31). The fraction of sp³-hybridized carbons (Fsp3) is 0.130. The molecule has 1 aliphatic heterocycles. The number of rotatable bonds is 5. The Hall–Kier alpha value is -2.80. The molecular formula is C23H17Cl2N3O2S. The lowest BCUT2D eigenvalue weighted by Gasteiger charge is -2.25. The van der Waals surface area contributed by atoms with Crippen molar-refractivity contribution in [2.24, 2.45) is 0 Å². The minimum Gasteiger partial charge on any atom is -0.467 e. The van der Waals surface area contributed by atoms with E-state index in [-0.39, 0.29) is 12.1 Å². The highest BCUT2D eigenvalue weighted by Gasteiger charge is 2.42. The van der Waals surface area contributed by atoms with Gasteiger partial charge in [0.05, 0.1) is 34.6 Å². The van der Waals surface area contributed by atoms with Gasteiger partial charge in [0, 0.05) is 11.8 Å². The highest BCUT2D eigenvalue weighted by molar-refractivity contribution is 7.80. The van der Waals surface area contributed by atoms with Gasteiger partial charge in [-0.25, -0.2) is 0 Å². The third-order valence-electron chi connectivity index (χ3n) is 5.23. The van der Waals surface area contributed by atoms with E-state index in [2.05, 4.69) is 15.2 Å². The number of nitrogens with one attached hydrogen (secondary N) is 1. The van der Waals surface area contributed by atoms with E-state index in [1.54, 1.807) is 24.6 Å². The molecule has 0 amide bonds. The molecule has 8 heteroatoms. The van der Waals surface area contributed by atoms with E-state index in [1.807, 2.05) is 48.5 Å². The van der Waals surface area contributed by atoms with Gasteiger partial charge in [0.25, 0.3) is 0 Å². The Kier molecular flexibility index (Phi) is 5.44. The fourth-order valence-electron chi connectivity index (χ4n) is 3.77. The molecule has 0 bridgehead atoms. The Morgan fingerprint density at radius 1 is 1.03 bits per heavy atom. The van der Waals surface area contributed by atoms with Crippen LogP contribution < -0.4 is 5.32 Å². The van der Waals surface area contributed by atoms with Gasteiger partial charge in [-0.1, -0.05) is 29.3 Å². The van der Waals surface area contributed by atoms with Crippen LogP contribution in [0.25, 0.3) is 11.3 Å². The first-order chi connectivity index (χ1) is 15.1. The molecule has 1 N–H and O–H groups in total. The van der Waals surface area contributed by atoms with E-state index >= 15 is 0 Å². The number of halogens is 2. The van der Waals surface area contributed by atoms with E-state index < -0.39 is 0 Å². The van der Waals surface area contributed by atoms with E-state index in [0.29, 0.717) is 27.5 Å². The topological polar surface area (TPSA) is 54.4 Å². The van der Waals surface area contributed by atoms with Crippen molar-refractivity contribution in [2.75, 3.05) is 0 Å². The second kappa shape index (κ2) is 8.38. The maximum Gasteiger partial charge on any atom is 0.170 e. The van der Waals surface area contributed by atoms with Gasteiger partial charge in [-0.05, 0) is 66.8 Å². The molecule has 4 aromatic rings. The van der Waals surface area contributed by atoms with Crippen molar-refractivity contribution in [1.82, 2.24) is 15.2 Å². The van der Waals surface area contributed by atoms with Gasteiger partial charge in [0.2, 0.25) is 0 Å². The molecule has 1 aromatic carbocycles. The average Bonchev–Trinajstić information content (AvgIpc) is 3.52. The van der Waals surface area contributed by atoms with Crippen LogP contribution in [0.2, 0.25) is 10.0 Å². The lowest BCUT2D eigenvalue weighted by molar-refractivity contribution is 0.253. The Morgan fingerprint density at radius 2 is 1.94 bits per heavy atom. The first-order valence-electron chi connectivity index (χ1n) is 9.66. The van der Waals surface area contributed by atoms with Crippen LogP contribution in [0.4, 0.5) is 0 Å². The summed E-state index contributed by atoms with van der Waals surface area (Å²) in [6, 6.07) is 18.6. The second-order valence-corrected chi connectivity index (χ2v) is 8.37. The van der Waals surface area contributed by atoms with Crippen LogP contribution in [-0.4, -0.2) is 15.0 Å². The maximum absolute atomic E-state index is 6.30. The Bertz CT molecular complexity index is 1210. The summed E-state index contributed by atoms with van der Waals surface area (Å²) in [4.78, 5) is 6.60. The monoisotopic (exact) mass is 469 g/mol. The first-order valence-corrected chi connectivity index (χ1v) is 10.8. The number of furan rings is 2. The molecule has 0 aliphatic carbocycles. The molecule has 3 aromatic heterocycles. The van der Waals surface area contributed by atoms with E-state index in [4.69, 9.17) is 44.3 Å². The zero-order valence-corrected chi connectivity index (χ0v) is 18.5. The molecule has 0 radical (unpaired) electrons. The van der Waals surface area contributed by atoms with Crippen LogP contribution >= 0.6 is 35.4 Å². The van der Waals surface area contributed by atoms with Crippen LogP contribution in [0.5, 0.6) is 0 Å². The van der Waals surface area contributed by atoms with Gasteiger partial charge >= 0.3 is 0 Å². The third-order valence-corrected chi connectivity index (χ3v) is 6.32. The third kappa shape index (κ3) is 3.94. The van der Waals surface area contributed by atoms with Crippen molar-refractivity contribution in [2.45, 2.75) is 18.6 Å². The summed E-state index contributed by atoms with van der Waals surface area (Å²) in [5.74, 6) is 2.27. The SMILES string of the molecule is S=C1NC(c2ccccn2)C(c2ccc(-c3ccc(Cl)c(Cl)c3)o2)N1Cc1ccco1. The van der Waals surface area contributed by atoms with Crippen molar-refractivity contribution in [3.8, 4) is 11.3 Å². The molecule has 2 unspecified atom stereocenters. The van der Waals surface area contributed by atoms with Gasteiger partial charge in [-0.2, -0.15) is 0 Å². The van der Waals surface area contributed by atoms with Gasteiger partial charge in [-0.15, -0.1) is 0 Å². The number of hydrogen-bond donors (Lipinski definition) is 1. The molecule has 1 aliphatic rings. The molecule has 2 atom stereocenters. The fourth-order valence-corrected chi connectivity index (χ4v) is 4.37. The minimum atomic E-state index is -0.205. The van der Waals surface area contributed by atoms with Gasteiger partial charge < -0.3 is 19.1 Å². The number of hydrogen-bond acceptors (Lipinski definition) is 4. The summed E-state index contributed by atoms with van der Waals surface area (Å²) in [6.45, 7) is 0.510. The largest absolute Gasteiger partial charge is 0.467 e. The van der Waals surface area contributed by atoms with Crippen molar-refractivity contribution >= 4 is 40.5 Å². The molecule has 31 heavy (non-hydrogen) atoms. The molecule has 156 valence electrons. The predicted molar refractivity (Wildman–Crippen MR) is 124 cm³/mol. The molecule has 0 saturated carbocycles. The quantitative estimate of drug-likeness (QED) is 0.340. The van der Waals surface area contributed by atoms with Gasteiger partial charge in [0.1, 0.15) is 23.3 Å². The molecule has 1 fully saturated rings. The summed E-state index contributed by atoms with van der Waals surface area (Å²) < 4.78 is 11.9. The van der Waals surface area contributed by atoms with Crippen LogP contribution in [0.3, 0.4) is 0 Å². The highest BCUT2D eigenvalue weighted by atomic mass is 35.5. The number of thiocarbonyl (C=S) groups is 1. The molecule has 5 rings (SSSR count). The number of benzene rings is 1. The zero-order valence-electron chi connectivity index (χ0n) is 16.2. The summed E-state index contributed by atoms with van der Waals surface area (Å²) >= 11 is 17.9. The normalized spacial score (nSPS) is 18.4. The van der Waals surface area contributed by atoms with Crippen LogP contribution in [0, 0.1) is 0 Å². The van der Waals surface area contributed by atoms with Crippen LogP contribution in [0.1, 0.15) is 29.3 Å². The van der Waals surface area contributed by atoms with Crippen LogP contribution in [-0.2, 0) is 6.54 Å². The summed E-state index contributed by atoms with van der Waals surface area (Å²) in [5, 5.41) is 5.00. The Morgan fingerprint density at radius 3 is 2.68 bits per heavy atom. The van der Waals surface area contributed by atoms with Crippen molar-refractivity contribution < 1.29 is 8.83 Å². The van der Waals surface area contributed by atoms with Crippen LogP contribution in [0.15, 0.2) is 82.0 Å². The number of nitrogens with zero attached hydrogens (tertiary/aromatic N) is 2. The van der Waals surface area contributed by atoms with Crippen molar-refractivity contribution in [3.63, 3.8) is 0 Å². The average molecular weight is 470 g/mol. The second-order valence-electron chi connectivity index (χ2n) is 7.16. The maximum atomic E-state index is 6.30. The molecule has 0 spiro atoms. The molecule has 4 heterocycles. The Labute approximate surface area is 194 Å². The number of aromatic nitrogens is 1. The number of pyridine rings is 1. The highest BCUT2D eigenvalue weighted by Crippen LogP contribution is 2.41. The van der Waals surface area contributed by atoms with Gasteiger partial charge in [0.15, 0.2) is 5.11 Å². The zero-order chi connectivity index (χ0) is 21.4. The lowest BCUT2D eigenvalue weighted by Crippen LogP contribution is -2.28. The summed E-state index contributed by atoms with van der Waals surface area (Å²) in [7, 11) is 0. The smallest absolute Gasteiger partial charge is 0.170 e. The Balaban J connectivity index is 1.54. The van der Waals surface area contributed by atoms with E-state index in [0.717, 1.165) is 22.8 Å². The van der Waals surface area contributed by atoms with E-state index in [1.165, 1.54) is 0 Å². The van der Waals surface area contributed by atoms with E-state index in [9.17, 15) is 0 Å². The molecule has 5 nitrogen and oxygen atoms in total. The minimum absolute atomic E-state index is 0.170. The van der Waals surface area contributed by atoms with Crippen molar-refractivity contribution in [3.05, 3.63) is 100 Å². The van der Waals surface area contributed by atoms with Crippen molar-refractivity contribution in [1.29, 1.82) is 0 Å². The van der Waals surface area contributed by atoms with Gasteiger partial charge in [-0.3, -0.25) is 4.98 Å². The lowest BCUT2D eigenvalue weighted by atomic mass is 10.0. The first kappa shape index (κ1) is 20.1. The molecule has 1 saturated heterocycles. The summed E-state index contributed by atoms with van der Waals surface area (Å²) in [5.41, 5.74) is 1.73. The summed E-state index contributed by atoms with van der Waals surface area (Å²) in [6.07, 6.45) is 3.43. The molecular weight excluding hydrogens is 453 g/mol. The predicted octanol–water partition coefficient (Wildman–Crippen LogP) is 6.41.